The molecule has 6 heteroatoms. The van der Waals surface area contributed by atoms with Gasteiger partial charge in [-0.2, -0.15) is 0 Å². The molecule has 0 bridgehead atoms. The number of nitrogens with one attached hydrogen (secondary N) is 1. The second-order valence-corrected chi connectivity index (χ2v) is 3.49. The number of carbonyl (C=O) groups excluding carboxylic acids is 1. The predicted molar refractivity (Wildman–Crippen MR) is 57.4 cm³/mol. The summed E-state index contributed by atoms with van der Waals surface area (Å²) in [6.07, 6.45) is 2.88. The van der Waals surface area contributed by atoms with E-state index in [-0.39, 0.29) is 17.7 Å². The minimum absolute atomic E-state index is 0.132. The minimum Gasteiger partial charge on any atom is -0.396 e. The van der Waals surface area contributed by atoms with Gasteiger partial charge in [-0.25, -0.2) is 13.8 Å². The molecule has 1 aromatic heterocycles. The van der Waals surface area contributed by atoms with Gasteiger partial charge in [0, 0.05) is 12.4 Å². The average Bonchev–Trinajstić information content (AvgIpc) is 2.76. The van der Waals surface area contributed by atoms with E-state index in [1.165, 1.54) is 6.20 Å². The lowest BCUT2D eigenvalue weighted by atomic mass is 10.1. The largest absolute Gasteiger partial charge is 0.396 e. The van der Waals surface area contributed by atoms with E-state index in [1.807, 2.05) is 0 Å². The smallest absolute Gasteiger partial charge is 0.173 e. The summed E-state index contributed by atoms with van der Waals surface area (Å²) in [7, 11) is 0. The van der Waals surface area contributed by atoms with Crippen LogP contribution in [0.1, 0.15) is 16.2 Å². The molecule has 17 heavy (non-hydrogen) atoms. The Hall–Kier alpha value is -2.24. The molecule has 0 aliphatic carbocycles. The second-order valence-electron chi connectivity index (χ2n) is 3.49. The second kappa shape index (κ2) is 4.32. The van der Waals surface area contributed by atoms with Crippen LogP contribution in [0.4, 0.5) is 14.5 Å². The number of nitrogens with two attached hydrogens (primary N) is 1. The summed E-state index contributed by atoms with van der Waals surface area (Å²) in [4.78, 5) is 18.3. The molecule has 0 saturated heterocycles. The fraction of sp³-hybridized carbons (Fsp3) is 0.0909. The highest BCUT2D eigenvalue weighted by atomic mass is 19.1. The maximum absolute atomic E-state index is 13.5. The van der Waals surface area contributed by atoms with Crippen molar-refractivity contribution in [2.24, 2.45) is 0 Å². The highest BCUT2D eigenvalue weighted by molar-refractivity contribution is 5.98. The van der Waals surface area contributed by atoms with Crippen molar-refractivity contribution in [2.75, 3.05) is 5.73 Å². The van der Waals surface area contributed by atoms with Gasteiger partial charge >= 0.3 is 0 Å². The third-order valence-electron chi connectivity index (χ3n) is 2.25. The number of H-pyrrole nitrogens is 1. The summed E-state index contributed by atoms with van der Waals surface area (Å²) in [6.45, 7) is 0. The number of ketones is 1. The van der Waals surface area contributed by atoms with Crippen LogP contribution in [0.2, 0.25) is 0 Å². The van der Waals surface area contributed by atoms with Crippen molar-refractivity contribution < 1.29 is 13.6 Å². The molecule has 0 radical (unpaired) electrons. The number of nitrogen functional groups attached to an aromatic ring is 1. The molecule has 0 unspecified atom stereocenters. The molecule has 1 heterocycles. The van der Waals surface area contributed by atoms with Crippen molar-refractivity contribution in [2.45, 2.75) is 6.42 Å². The van der Waals surface area contributed by atoms with Crippen LogP contribution in [0.5, 0.6) is 0 Å². The molecule has 88 valence electrons. The van der Waals surface area contributed by atoms with E-state index in [9.17, 15) is 13.6 Å². The zero-order chi connectivity index (χ0) is 12.4. The fourth-order valence-corrected chi connectivity index (χ4v) is 1.46. The predicted octanol–water partition coefficient (Wildman–Crippen LogP) is 1.70. The van der Waals surface area contributed by atoms with Crippen LogP contribution in [-0.2, 0) is 6.42 Å². The Morgan fingerprint density at radius 1 is 1.41 bits per heavy atom. The van der Waals surface area contributed by atoms with Crippen LogP contribution in [0, 0.1) is 11.6 Å². The van der Waals surface area contributed by atoms with Gasteiger partial charge in [0.1, 0.15) is 11.6 Å². The van der Waals surface area contributed by atoms with E-state index >= 15 is 0 Å². The first-order chi connectivity index (χ1) is 8.08. The number of imidazole rings is 1. The Balaban J connectivity index is 2.31. The molecule has 0 aliphatic rings. The number of nitrogens with zero attached hydrogens (tertiary/aromatic N) is 1. The Kier molecular flexibility index (Phi) is 2.86. The summed E-state index contributed by atoms with van der Waals surface area (Å²) in [5.74, 6) is -1.84. The zero-order valence-electron chi connectivity index (χ0n) is 8.71. The van der Waals surface area contributed by atoms with E-state index in [0.29, 0.717) is 5.82 Å². The molecule has 0 spiro atoms. The van der Waals surface area contributed by atoms with Crippen LogP contribution in [0.3, 0.4) is 0 Å². The van der Waals surface area contributed by atoms with Crippen molar-refractivity contribution in [3.05, 3.63) is 47.5 Å². The van der Waals surface area contributed by atoms with Gasteiger partial charge in [0.05, 0.1) is 17.7 Å². The van der Waals surface area contributed by atoms with Crippen LogP contribution < -0.4 is 5.73 Å². The molecule has 3 N–H and O–H groups in total. The highest BCUT2D eigenvalue weighted by Crippen LogP contribution is 2.18. The molecule has 0 aliphatic heterocycles. The molecule has 2 aromatic rings. The van der Waals surface area contributed by atoms with Gasteiger partial charge < -0.3 is 10.7 Å². The number of carbonyl (C=O) groups is 1. The zero-order valence-corrected chi connectivity index (χ0v) is 8.71. The Bertz CT molecular complexity index is 552. The third kappa shape index (κ3) is 2.30. The Morgan fingerprint density at radius 2 is 2.18 bits per heavy atom. The van der Waals surface area contributed by atoms with Gasteiger partial charge in [0.2, 0.25) is 0 Å². The SMILES string of the molecule is Nc1cc(F)cc(C(=O)Cc2ncc[nH]2)c1F. The third-order valence-corrected chi connectivity index (χ3v) is 2.25. The van der Waals surface area contributed by atoms with E-state index in [1.54, 1.807) is 6.20 Å². The van der Waals surface area contributed by atoms with Gasteiger partial charge in [0.25, 0.3) is 0 Å². The van der Waals surface area contributed by atoms with Gasteiger partial charge in [-0.3, -0.25) is 4.79 Å². The van der Waals surface area contributed by atoms with E-state index in [2.05, 4.69) is 9.97 Å². The van der Waals surface area contributed by atoms with Crippen molar-refractivity contribution in [1.82, 2.24) is 9.97 Å². The maximum Gasteiger partial charge on any atom is 0.173 e. The summed E-state index contributed by atoms with van der Waals surface area (Å²) >= 11 is 0. The molecular weight excluding hydrogens is 228 g/mol. The number of halogens is 2. The monoisotopic (exact) mass is 237 g/mol. The van der Waals surface area contributed by atoms with Crippen LogP contribution in [-0.4, -0.2) is 15.8 Å². The number of Topliss-reactive ketones (excluding diaryl/α,β-unsaturated/α-hetero) is 1. The molecule has 1 aromatic carbocycles. The molecule has 0 fully saturated rings. The van der Waals surface area contributed by atoms with Crippen molar-refractivity contribution >= 4 is 11.5 Å². The number of benzene rings is 1. The molecule has 0 atom stereocenters. The standard InChI is InChI=1S/C11H9F2N3O/c12-6-3-7(11(13)8(14)4-6)9(17)5-10-15-1-2-16-10/h1-4H,5,14H2,(H,15,16). The molecule has 2 rings (SSSR count). The van der Waals surface area contributed by atoms with Gasteiger partial charge in [-0.05, 0) is 12.1 Å². The topological polar surface area (TPSA) is 71.8 Å². The van der Waals surface area contributed by atoms with Crippen molar-refractivity contribution in [3.63, 3.8) is 0 Å². The van der Waals surface area contributed by atoms with Crippen molar-refractivity contribution in [1.29, 1.82) is 0 Å². The molecule has 0 saturated carbocycles. The molecule has 4 nitrogen and oxygen atoms in total. The summed E-state index contributed by atoms with van der Waals surface area (Å²) in [6, 6.07) is 1.66. The first-order valence-corrected chi connectivity index (χ1v) is 4.84. The quantitative estimate of drug-likeness (QED) is 0.630. The first-order valence-electron chi connectivity index (χ1n) is 4.84. The number of anilines is 1. The minimum atomic E-state index is -0.900. The maximum atomic E-state index is 13.5. The van der Waals surface area contributed by atoms with Gasteiger partial charge in [-0.1, -0.05) is 0 Å². The Morgan fingerprint density at radius 3 is 2.82 bits per heavy atom. The number of rotatable bonds is 3. The van der Waals surface area contributed by atoms with Gasteiger partial charge in [-0.15, -0.1) is 0 Å². The lowest BCUT2D eigenvalue weighted by molar-refractivity contribution is 0.0987. The van der Waals surface area contributed by atoms with Crippen LogP contribution in [0.15, 0.2) is 24.5 Å². The molecule has 0 amide bonds. The normalized spacial score (nSPS) is 10.5. The lowest BCUT2D eigenvalue weighted by Crippen LogP contribution is -2.09. The summed E-state index contributed by atoms with van der Waals surface area (Å²) in [5.41, 5.74) is 4.50. The van der Waals surface area contributed by atoms with Crippen LogP contribution >= 0.6 is 0 Å². The lowest BCUT2D eigenvalue weighted by Gasteiger charge is -2.04. The van der Waals surface area contributed by atoms with Crippen molar-refractivity contribution in [3.8, 4) is 0 Å². The Labute approximate surface area is 95.5 Å². The molecular formula is C11H9F2N3O. The van der Waals surface area contributed by atoms with Gasteiger partial charge in [0.15, 0.2) is 11.6 Å². The van der Waals surface area contributed by atoms with E-state index in [4.69, 9.17) is 5.73 Å². The number of aromatic nitrogens is 2. The number of aromatic amines is 1. The highest BCUT2D eigenvalue weighted by Gasteiger charge is 2.17. The first kappa shape index (κ1) is 11.3. The number of hydrogen-bond donors (Lipinski definition) is 2. The van der Waals surface area contributed by atoms with E-state index in [0.717, 1.165) is 12.1 Å². The average molecular weight is 237 g/mol. The fourth-order valence-electron chi connectivity index (χ4n) is 1.46. The van der Waals surface area contributed by atoms with E-state index < -0.39 is 17.4 Å². The van der Waals surface area contributed by atoms with Crippen LogP contribution in [0.25, 0.3) is 0 Å². The summed E-state index contributed by atoms with van der Waals surface area (Å²) in [5, 5.41) is 0. The summed E-state index contributed by atoms with van der Waals surface area (Å²) < 4.78 is 26.5. The number of hydrogen-bond acceptors (Lipinski definition) is 3.